The summed E-state index contributed by atoms with van der Waals surface area (Å²) < 4.78 is 8.02. The second-order valence-corrected chi connectivity index (χ2v) is 7.35. The van der Waals surface area contributed by atoms with Gasteiger partial charge in [0.05, 0.1) is 6.54 Å². The molecule has 3 aromatic heterocycles. The van der Waals surface area contributed by atoms with Crippen LogP contribution in [0.4, 0.5) is 0 Å². The van der Waals surface area contributed by atoms with Crippen LogP contribution in [0.25, 0.3) is 11.2 Å². The van der Waals surface area contributed by atoms with E-state index in [2.05, 4.69) is 37.0 Å². The molecule has 0 N–H and O–H groups in total. The van der Waals surface area contributed by atoms with Crippen LogP contribution in [0.3, 0.4) is 0 Å². The van der Waals surface area contributed by atoms with Crippen LogP contribution < -0.4 is 16.0 Å². The van der Waals surface area contributed by atoms with E-state index in [-0.39, 0.29) is 23.7 Å². The van der Waals surface area contributed by atoms with Crippen molar-refractivity contribution in [3.63, 3.8) is 0 Å². The van der Waals surface area contributed by atoms with Gasteiger partial charge in [0, 0.05) is 52.2 Å². The number of aromatic nitrogens is 6. The highest BCUT2D eigenvalue weighted by Crippen LogP contribution is 2.08. The van der Waals surface area contributed by atoms with Crippen molar-refractivity contribution in [2.45, 2.75) is 6.54 Å². The van der Waals surface area contributed by atoms with Gasteiger partial charge >= 0.3 is 11.7 Å². The lowest BCUT2D eigenvalue weighted by Gasteiger charge is -2.31. The van der Waals surface area contributed by atoms with Crippen LogP contribution >= 0.6 is 0 Å². The van der Waals surface area contributed by atoms with Crippen molar-refractivity contribution in [1.82, 2.24) is 39.1 Å². The van der Waals surface area contributed by atoms with Crippen LogP contribution in [0.15, 0.2) is 34.1 Å². The molecule has 1 aliphatic heterocycles. The Morgan fingerprint density at radius 2 is 1.90 bits per heavy atom. The number of ether oxygens (including phenoxy) is 1. The largest absolute Gasteiger partial charge is 0.461 e. The number of rotatable bonds is 6. The van der Waals surface area contributed by atoms with Gasteiger partial charge in [-0.3, -0.25) is 23.8 Å². The van der Waals surface area contributed by atoms with Crippen molar-refractivity contribution in [2.24, 2.45) is 7.05 Å². The van der Waals surface area contributed by atoms with Crippen molar-refractivity contribution in [3.8, 4) is 6.01 Å². The normalized spacial score (nSPS) is 15.5. The Morgan fingerprint density at radius 1 is 1.10 bits per heavy atom. The monoisotopic (exact) mass is 412 g/mol. The molecule has 0 saturated carbocycles. The van der Waals surface area contributed by atoms with Gasteiger partial charge in [-0.05, 0) is 18.7 Å². The van der Waals surface area contributed by atoms with Crippen molar-refractivity contribution < 1.29 is 4.74 Å². The van der Waals surface area contributed by atoms with Crippen LogP contribution in [0.5, 0.6) is 6.01 Å². The number of nitrogens with zero attached hydrogens (tertiary/aromatic N) is 8. The van der Waals surface area contributed by atoms with Crippen LogP contribution in [0, 0.1) is 0 Å². The van der Waals surface area contributed by atoms with Gasteiger partial charge in [0.1, 0.15) is 6.61 Å². The molecular formula is C19H24N8O3. The van der Waals surface area contributed by atoms with Gasteiger partial charge in [-0.2, -0.15) is 4.98 Å². The highest BCUT2D eigenvalue weighted by Gasteiger charge is 2.17. The SMILES string of the molecule is CN1CCN(CCOc2nnc3c(n2)c(=O)n(C)c(=O)n3Cc2cccnc2)CC1. The fraction of sp³-hybridized carbons (Fsp3) is 0.474. The molecule has 0 bridgehead atoms. The van der Waals surface area contributed by atoms with Crippen LogP contribution in [0.1, 0.15) is 5.56 Å². The Kier molecular flexibility index (Phi) is 5.81. The Bertz CT molecular complexity index is 1140. The van der Waals surface area contributed by atoms with Gasteiger partial charge < -0.3 is 9.64 Å². The molecule has 1 fully saturated rings. The molecule has 4 rings (SSSR count). The van der Waals surface area contributed by atoms with Crippen molar-refractivity contribution in [2.75, 3.05) is 46.4 Å². The van der Waals surface area contributed by atoms with Crippen LogP contribution in [-0.2, 0) is 13.6 Å². The highest BCUT2D eigenvalue weighted by atomic mass is 16.5. The summed E-state index contributed by atoms with van der Waals surface area (Å²) in [5, 5.41) is 8.07. The number of likely N-dealkylation sites (N-methyl/N-ethyl adjacent to an activating group) is 1. The summed E-state index contributed by atoms with van der Waals surface area (Å²) in [4.78, 5) is 38.1. The minimum Gasteiger partial charge on any atom is -0.461 e. The van der Waals surface area contributed by atoms with E-state index in [9.17, 15) is 9.59 Å². The lowest BCUT2D eigenvalue weighted by Crippen LogP contribution is -2.45. The maximum Gasteiger partial charge on any atom is 0.336 e. The second-order valence-electron chi connectivity index (χ2n) is 7.35. The van der Waals surface area contributed by atoms with Crippen molar-refractivity contribution in [1.29, 1.82) is 0 Å². The topological polar surface area (TPSA) is 111 Å². The van der Waals surface area contributed by atoms with Gasteiger partial charge in [0.2, 0.25) is 0 Å². The molecular weight excluding hydrogens is 388 g/mol. The van der Waals surface area contributed by atoms with Crippen LogP contribution in [-0.4, -0.2) is 85.5 Å². The molecule has 11 nitrogen and oxygen atoms in total. The zero-order chi connectivity index (χ0) is 21.1. The molecule has 3 aromatic rings. The summed E-state index contributed by atoms with van der Waals surface area (Å²) in [6, 6.07) is 3.65. The first-order valence-corrected chi connectivity index (χ1v) is 9.80. The predicted octanol–water partition coefficient (Wildman–Crippen LogP) is -1.05. The second kappa shape index (κ2) is 8.67. The summed E-state index contributed by atoms with van der Waals surface area (Å²) in [5.41, 5.74) is -0.0507. The Morgan fingerprint density at radius 3 is 2.63 bits per heavy atom. The van der Waals surface area contributed by atoms with E-state index in [1.165, 1.54) is 11.6 Å². The zero-order valence-electron chi connectivity index (χ0n) is 17.1. The Labute approximate surface area is 172 Å². The fourth-order valence-electron chi connectivity index (χ4n) is 3.36. The molecule has 1 aliphatic rings. The van der Waals surface area contributed by atoms with E-state index in [0.717, 1.165) is 42.9 Å². The quantitative estimate of drug-likeness (QED) is 0.501. The molecule has 0 aliphatic carbocycles. The minimum absolute atomic E-state index is 0.0281. The van der Waals surface area contributed by atoms with E-state index >= 15 is 0 Å². The third-order valence-corrected chi connectivity index (χ3v) is 5.23. The molecule has 30 heavy (non-hydrogen) atoms. The Balaban J connectivity index is 1.56. The van der Waals surface area contributed by atoms with E-state index in [1.54, 1.807) is 18.5 Å². The summed E-state index contributed by atoms with van der Waals surface area (Å²) in [5.74, 6) is 0. The van der Waals surface area contributed by atoms with Gasteiger partial charge in [-0.1, -0.05) is 11.2 Å². The van der Waals surface area contributed by atoms with Gasteiger partial charge in [0.15, 0.2) is 11.2 Å². The molecule has 0 aromatic carbocycles. The first-order chi connectivity index (χ1) is 14.5. The van der Waals surface area contributed by atoms with Gasteiger partial charge in [-0.15, -0.1) is 5.10 Å². The summed E-state index contributed by atoms with van der Waals surface area (Å²) in [6.45, 7) is 5.37. The number of piperazine rings is 1. The first kappa shape index (κ1) is 20.1. The van der Waals surface area contributed by atoms with Crippen molar-refractivity contribution >= 4 is 11.2 Å². The lowest BCUT2D eigenvalue weighted by molar-refractivity contribution is 0.131. The summed E-state index contributed by atoms with van der Waals surface area (Å²) in [6.07, 6.45) is 3.30. The van der Waals surface area contributed by atoms with Crippen LogP contribution in [0.2, 0.25) is 0 Å². The molecule has 1 saturated heterocycles. The molecule has 0 unspecified atom stereocenters. The zero-order valence-corrected chi connectivity index (χ0v) is 17.1. The maximum atomic E-state index is 12.6. The number of fused-ring (bicyclic) bond motifs is 1. The third kappa shape index (κ3) is 4.21. The Hall–Kier alpha value is -3.18. The highest BCUT2D eigenvalue weighted by molar-refractivity contribution is 5.68. The first-order valence-electron chi connectivity index (χ1n) is 9.80. The predicted molar refractivity (Wildman–Crippen MR) is 110 cm³/mol. The van der Waals surface area contributed by atoms with E-state index < -0.39 is 11.2 Å². The lowest BCUT2D eigenvalue weighted by atomic mass is 10.3. The molecule has 158 valence electrons. The number of pyridine rings is 1. The molecule has 0 atom stereocenters. The van der Waals surface area contributed by atoms with Crippen molar-refractivity contribution in [3.05, 3.63) is 50.9 Å². The van der Waals surface area contributed by atoms with E-state index in [4.69, 9.17) is 4.74 Å². The van der Waals surface area contributed by atoms with Gasteiger partial charge in [-0.25, -0.2) is 4.79 Å². The molecule has 4 heterocycles. The average molecular weight is 412 g/mol. The van der Waals surface area contributed by atoms with E-state index in [0.29, 0.717) is 6.61 Å². The maximum absolute atomic E-state index is 12.6. The molecule has 11 heteroatoms. The summed E-state index contributed by atoms with van der Waals surface area (Å²) in [7, 11) is 3.52. The van der Waals surface area contributed by atoms with E-state index in [1.807, 2.05) is 6.07 Å². The third-order valence-electron chi connectivity index (χ3n) is 5.23. The summed E-state index contributed by atoms with van der Waals surface area (Å²) >= 11 is 0. The molecule has 0 radical (unpaired) electrons. The molecule has 0 spiro atoms. The standard InChI is InChI=1S/C19H24N8O3/c1-24-6-8-26(9-7-24)10-11-30-18-21-15-16(22-23-18)27(19(29)25(2)17(15)28)13-14-4-3-5-20-12-14/h3-5,12H,6-11,13H2,1-2H3. The van der Waals surface area contributed by atoms with Gasteiger partial charge in [0.25, 0.3) is 5.56 Å². The minimum atomic E-state index is -0.531. The number of hydrogen-bond acceptors (Lipinski definition) is 9. The fourth-order valence-corrected chi connectivity index (χ4v) is 3.36. The molecule has 0 amide bonds. The number of hydrogen-bond donors (Lipinski definition) is 0. The average Bonchev–Trinajstić information content (AvgIpc) is 2.77. The smallest absolute Gasteiger partial charge is 0.336 e.